The number of carbonyl (C=O) groups is 4. The van der Waals surface area contributed by atoms with Crippen molar-refractivity contribution in [2.45, 2.75) is 29.9 Å². The van der Waals surface area contributed by atoms with Crippen molar-refractivity contribution in [2.75, 3.05) is 21.3 Å². The standard InChI is InChI=1S/C26H28N4O7S/c1-15(18-7-5-6-8-19(18)36-3)21(22(31)29-26(24(33)37-4)27-13-14-38-26)30-23(32)20(28-25(30)34)16-9-11-17(35-2)12-10-16/h5-15,20-21,27H,1-4H3,(H,28,34)(H,29,31)/t15-,20?,21-,26?/m0/s1. The second-order valence-corrected chi connectivity index (χ2v) is 9.69. The molecule has 11 nitrogen and oxygen atoms in total. The summed E-state index contributed by atoms with van der Waals surface area (Å²) in [4.78, 5) is 52.7. The molecule has 2 aliphatic heterocycles. The molecule has 0 aromatic heterocycles. The third-order valence-electron chi connectivity index (χ3n) is 6.44. The molecule has 4 amide bonds. The quantitative estimate of drug-likeness (QED) is 0.323. The Bertz CT molecular complexity index is 1260. The van der Waals surface area contributed by atoms with Crippen LogP contribution in [0.15, 0.2) is 60.1 Å². The van der Waals surface area contributed by atoms with Crippen LogP contribution in [0.3, 0.4) is 0 Å². The summed E-state index contributed by atoms with van der Waals surface area (Å²) >= 11 is 0.990. The van der Waals surface area contributed by atoms with Crippen LogP contribution in [0.4, 0.5) is 4.79 Å². The molecule has 0 saturated carbocycles. The largest absolute Gasteiger partial charge is 0.497 e. The number of benzene rings is 2. The van der Waals surface area contributed by atoms with Crippen LogP contribution in [-0.2, 0) is 19.1 Å². The van der Waals surface area contributed by atoms with E-state index in [-0.39, 0.29) is 0 Å². The van der Waals surface area contributed by atoms with Gasteiger partial charge < -0.3 is 30.2 Å². The molecule has 0 spiro atoms. The zero-order valence-corrected chi connectivity index (χ0v) is 22.0. The van der Waals surface area contributed by atoms with E-state index < -0.39 is 46.8 Å². The lowest BCUT2D eigenvalue weighted by Crippen LogP contribution is -2.63. The van der Waals surface area contributed by atoms with Gasteiger partial charge in [0, 0.05) is 12.1 Å². The number of nitrogens with one attached hydrogen (secondary N) is 3. The SMILES string of the molecule is COC(=O)C1(NC(=O)[C@H]([C@@H](C)c2ccccc2OC)N2C(=O)NC(c3ccc(OC)cc3)C2=O)NC=CS1. The molecular formula is C26H28N4O7S. The van der Waals surface area contributed by atoms with Crippen molar-refractivity contribution in [3.8, 4) is 11.5 Å². The number of para-hydroxylation sites is 1. The van der Waals surface area contributed by atoms with E-state index in [9.17, 15) is 19.2 Å². The number of methoxy groups -OCH3 is 3. The highest BCUT2D eigenvalue weighted by Gasteiger charge is 2.51. The molecule has 200 valence electrons. The smallest absolute Gasteiger partial charge is 0.364 e. The molecule has 2 aromatic rings. The molecule has 2 aromatic carbocycles. The molecule has 2 unspecified atom stereocenters. The molecule has 2 aliphatic rings. The van der Waals surface area contributed by atoms with Crippen LogP contribution in [0.2, 0.25) is 0 Å². The first-order chi connectivity index (χ1) is 18.3. The maximum atomic E-state index is 13.9. The van der Waals surface area contributed by atoms with Crippen molar-refractivity contribution in [3.05, 3.63) is 71.3 Å². The van der Waals surface area contributed by atoms with E-state index in [2.05, 4.69) is 16.0 Å². The first kappa shape index (κ1) is 26.9. The minimum atomic E-state index is -1.65. The maximum Gasteiger partial charge on any atom is 0.364 e. The van der Waals surface area contributed by atoms with Crippen molar-refractivity contribution < 1.29 is 33.4 Å². The van der Waals surface area contributed by atoms with Gasteiger partial charge in [-0.2, -0.15) is 0 Å². The molecular weight excluding hydrogens is 512 g/mol. The predicted octanol–water partition coefficient (Wildman–Crippen LogP) is 2.22. The number of hydrogen-bond donors (Lipinski definition) is 3. The zero-order valence-electron chi connectivity index (χ0n) is 21.2. The minimum absolute atomic E-state index is 0.481. The molecule has 1 saturated heterocycles. The molecule has 4 atom stereocenters. The topological polar surface area (TPSA) is 135 Å². The van der Waals surface area contributed by atoms with E-state index in [4.69, 9.17) is 14.2 Å². The number of nitrogens with zero attached hydrogens (tertiary/aromatic N) is 1. The van der Waals surface area contributed by atoms with Crippen LogP contribution >= 0.6 is 11.8 Å². The highest BCUT2D eigenvalue weighted by Crippen LogP contribution is 2.36. The number of hydrogen-bond acceptors (Lipinski definition) is 9. The van der Waals surface area contributed by atoms with E-state index in [1.807, 2.05) is 0 Å². The number of imide groups is 1. The fourth-order valence-corrected chi connectivity index (χ4v) is 5.31. The van der Waals surface area contributed by atoms with Crippen LogP contribution in [0.1, 0.15) is 30.0 Å². The van der Waals surface area contributed by atoms with Gasteiger partial charge in [-0.15, -0.1) is 0 Å². The Morgan fingerprint density at radius 2 is 1.76 bits per heavy atom. The van der Waals surface area contributed by atoms with Crippen molar-refractivity contribution in [2.24, 2.45) is 0 Å². The number of carbonyl (C=O) groups excluding carboxylic acids is 4. The lowest BCUT2D eigenvalue weighted by atomic mass is 9.90. The summed E-state index contributed by atoms with van der Waals surface area (Å²) in [5, 5.41) is 9.73. The van der Waals surface area contributed by atoms with Crippen molar-refractivity contribution in [3.63, 3.8) is 0 Å². The van der Waals surface area contributed by atoms with Crippen molar-refractivity contribution in [1.82, 2.24) is 20.9 Å². The van der Waals surface area contributed by atoms with Crippen LogP contribution in [0.25, 0.3) is 0 Å². The Morgan fingerprint density at radius 1 is 1.05 bits per heavy atom. The summed E-state index contributed by atoms with van der Waals surface area (Å²) in [7, 11) is 4.21. The highest BCUT2D eigenvalue weighted by atomic mass is 32.2. The molecule has 0 bridgehead atoms. The molecule has 4 rings (SSSR count). The van der Waals surface area contributed by atoms with Gasteiger partial charge in [0.1, 0.15) is 23.6 Å². The van der Waals surface area contributed by atoms with E-state index >= 15 is 0 Å². The first-order valence-corrected chi connectivity index (χ1v) is 12.6. The molecule has 0 radical (unpaired) electrons. The van der Waals surface area contributed by atoms with Gasteiger partial charge in [-0.25, -0.2) is 14.5 Å². The summed E-state index contributed by atoms with van der Waals surface area (Å²) in [6, 6.07) is 10.6. The average Bonchev–Trinajstić information content (AvgIpc) is 3.53. The average molecular weight is 541 g/mol. The second-order valence-electron chi connectivity index (χ2n) is 8.57. The zero-order chi connectivity index (χ0) is 27.4. The first-order valence-electron chi connectivity index (χ1n) is 11.7. The summed E-state index contributed by atoms with van der Waals surface area (Å²) < 4.78 is 15.6. The number of rotatable bonds is 9. The van der Waals surface area contributed by atoms with E-state index in [1.165, 1.54) is 27.5 Å². The predicted molar refractivity (Wildman–Crippen MR) is 139 cm³/mol. The summed E-state index contributed by atoms with van der Waals surface area (Å²) in [5.74, 6) is -1.75. The van der Waals surface area contributed by atoms with Gasteiger partial charge in [-0.3, -0.25) is 9.59 Å². The molecule has 0 aliphatic carbocycles. The Morgan fingerprint density at radius 3 is 2.37 bits per heavy atom. The maximum absolute atomic E-state index is 13.9. The van der Waals surface area contributed by atoms with Crippen LogP contribution < -0.4 is 25.4 Å². The van der Waals surface area contributed by atoms with Gasteiger partial charge in [0.05, 0.1) is 21.3 Å². The lowest BCUT2D eigenvalue weighted by Gasteiger charge is -2.34. The fourth-order valence-electron chi connectivity index (χ4n) is 4.50. The molecule has 12 heteroatoms. The van der Waals surface area contributed by atoms with Gasteiger partial charge >= 0.3 is 12.0 Å². The number of amides is 4. The number of urea groups is 1. The van der Waals surface area contributed by atoms with Crippen LogP contribution in [-0.4, -0.2) is 61.1 Å². The Labute approximate surface area is 223 Å². The summed E-state index contributed by atoms with van der Waals surface area (Å²) in [5.41, 5.74) is 1.12. The molecule has 1 fully saturated rings. The lowest BCUT2D eigenvalue weighted by molar-refractivity contribution is -0.148. The van der Waals surface area contributed by atoms with Gasteiger partial charge in [0.25, 0.3) is 10.9 Å². The Hall–Kier alpha value is -4.19. The molecule has 38 heavy (non-hydrogen) atoms. The normalized spacial score (nSPS) is 21.8. The minimum Gasteiger partial charge on any atom is -0.497 e. The van der Waals surface area contributed by atoms with E-state index in [0.29, 0.717) is 22.6 Å². The van der Waals surface area contributed by atoms with Crippen LogP contribution in [0, 0.1) is 0 Å². The molecule has 2 heterocycles. The fraction of sp³-hybridized carbons (Fsp3) is 0.308. The van der Waals surface area contributed by atoms with E-state index in [1.54, 1.807) is 60.9 Å². The summed E-state index contributed by atoms with van der Waals surface area (Å²) in [6.45, 7) is 1.71. The number of thioether (sulfide) groups is 1. The third-order valence-corrected chi connectivity index (χ3v) is 7.45. The van der Waals surface area contributed by atoms with Gasteiger partial charge in [-0.1, -0.05) is 49.0 Å². The summed E-state index contributed by atoms with van der Waals surface area (Å²) in [6.07, 6.45) is 1.49. The van der Waals surface area contributed by atoms with Gasteiger partial charge in [0.2, 0.25) is 5.91 Å². The van der Waals surface area contributed by atoms with Gasteiger partial charge in [0.15, 0.2) is 0 Å². The third kappa shape index (κ3) is 4.86. The van der Waals surface area contributed by atoms with Crippen LogP contribution in [0.5, 0.6) is 11.5 Å². The Kier molecular flexibility index (Phi) is 7.81. The van der Waals surface area contributed by atoms with E-state index in [0.717, 1.165) is 16.7 Å². The van der Waals surface area contributed by atoms with Crippen molar-refractivity contribution >= 4 is 35.6 Å². The second kappa shape index (κ2) is 11.1. The Balaban J connectivity index is 1.73. The number of ether oxygens (including phenoxy) is 3. The highest BCUT2D eigenvalue weighted by molar-refractivity contribution is 8.04. The van der Waals surface area contributed by atoms with Crippen molar-refractivity contribution in [1.29, 1.82) is 0 Å². The molecule has 3 N–H and O–H groups in total. The van der Waals surface area contributed by atoms with Gasteiger partial charge in [-0.05, 0) is 34.7 Å². The number of esters is 1. The monoisotopic (exact) mass is 540 g/mol.